The maximum atomic E-state index is 5.48. The Kier molecular flexibility index (Phi) is 7.49. The highest BCUT2D eigenvalue weighted by Crippen LogP contribution is 2.01. The molecule has 0 saturated heterocycles. The monoisotopic (exact) mass is 226 g/mol. The fraction of sp³-hybridized carbons (Fsp3) is 1.00. The molecular formula is C9H21ClNO3+. The Labute approximate surface area is 91.2 Å². The minimum Gasteiger partial charge on any atom is -0.378 e. The summed E-state index contributed by atoms with van der Waals surface area (Å²) in [4.78, 5) is 5.48. The van der Waals surface area contributed by atoms with Crippen molar-refractivity contribution in [1.29, 1.82) is 0 Å². The second kappa shape index (κ2) is 7.43. The zero-order valence-electron chi connectivity index (χ0n) is 9.46. The molecule has 0 aromatic heterocycles. The number of hydrogen-bond donors (Lipinski definition) is 0. The third-order valence-electron chi connectivity index (χ3n) is 1.27. The summed E-state index contributed by atoms with van der Waals surface area (Å²) in [6.07, 6.45) is -0.227. The van der Waals surface area contributed by atoms with Crippen LogP contribution >= 0.6 is 11.6 Å². The molecule has 1 atom stereocenters. The van der Waals surface area contributed by atoms with E-state index in [1.807, 2.05) is 28.1 Å². The Morgan fingerprint density at radius 3 is 2.29 bits per heavy atom. The van der Waals surface area contributed by atoms with Crippen LogP contribution in [0.3, 0.4) is 0 Å². The van der Waals surface area contributed by atoms with Gasteiger partial charge in [-0.15, -0.1) is 11.6 Å². The minimum absolute atomic E-state index is 0.227. The normalized spacial score (nSPS) is 14.4. The average molecular weight is 227 g/mol. The molecule has 0 aliphatic carbocycles. The number of nitrogens with zero attached hydrogens (tertiary/aromatic N) is 1. The summed E-state index contributed by atoms with van der Waals surface area (Å²) in [5.41, 5.74) is 0. The highest BCUT2D eigenvalue weighted by molar-refractivity contribution is 6.17. The Hall–Kier alpha value is 0.130. The molecule has 0 aliphatic heterocycles. The van der Waals surface area contributed by atoms with Crippen LogP contribution in [-0.4, -0.2) is 57.8 Å². The molecule has 0 bridgehead atoms. The molecule has 5 heteroatoms. The lowest BCUT2D eigenvalue weighted by atomic mass is 10.7. The van der Waals surface area contributed by atoms with E-state index in [9.17, 15) is 0 Å². The van der Waals surface area contributed by atoms with Gasteiger partial charge in [-0.25, -0.2) is 0 Å². The van der Waals surface area contributed by atoms with Gasteiger partial charge in [0.1, 0.15) is 0 Å². The molecule has 4 nitrogen and oxygen atoms in total. The van der Waals surface area contributed by atoms with Crippen LogP contribution < -0.4 is 0 Å². The summed E-state index contributed by atoms with van der Waals surface area (Å²) in [7, 11) is 5.80. The van der Waals surface area contributed by atoms with E-state index in [2.05, 4.69) is 0 Å². The van der Waals surface area contributed by atoms with Gasteiger partial charge in [0.2, 0.25) is 6.29 Å². The van der Waals surface area contributed by atoms with E-state index in [1.54, 1.807) is 0 Å². The van der Waals surface area contributed by atoms with E-state index in [1.165, 1.54) is 0 Å². The van der Waals surface area contributed by atoms with Crippen LogP contribution in [0.1, 0.15) is 6.92 Å². The Morgan fingerprint density at radius 2 is 1.79 bits per heavy atom. The first-order chi connectivity index (χ1) is 6.45. The molecule has 0 N–H and O–H groups in total. The van der Waals surface area contributed by atoms with Crippen LogP contribution in [0.4, 0.5) is 0 Å². The summed E-state index contributed by atoms with van der Waals surface area (Å²) in [6, 6.07) is 0. The number of ether oxygens (including phenoxy) is 2. The standard InChI is InChI=1S/C9H21ClNO3/c1-9(14-11(2,3)4)13-8-7-12-6-5-10/h9H,5-8H2,1-4H3/q+1. The molecular weight excluding hydrogens is 206 g/mol. The van der Waals surface area contributed by atoms with E-state index in [0.717, 1.165) is 0 Å². The number of quaternary nitrogens is 1. The molecule has 0 saturated carbocycles. The smallest absolute Gasteiger partial charge is 0.212 e. The largest absolute Gasteiger partial charge is 0.378 e. The molecule has 0 aliphatic rings. The van der Waals surface area contributed by atoms with Gasteiger partial charge in [-0.05, 0) is 6.92 Å². The van der Waals surface area contributed by atoms with Crippen LogP contribution in [-0.2, 0) is 14.3 Å². The van der Waals surface area contributed by atoms with Gasteiger partial charge in [-0.2, -0.15) is 9.48 Å². The third kappa shape index (κ3) is 10.2. The first kappa shape index (κ1) is 14.1. The molecule has 0 heterocycles. The zero-order valence-corrected chi connectivity index (χ0v) is 10.2. The fourth-order valence-corrected chi connectivity index (χ4v) is 1.01. The van der Waals surface area contributed by atoms with E-state index in [0.29, 0.717) is 30.3 Å². The number of rotatable bonds is 8. The maximum absolute atomic E-state index is 5.48. The van der Waals surface area contributed by atoms with Crippen molar-refractivity contribution in [2.24, 2.45) is 0 Å². The van der Waals surface area contributed by atoms with Crippen molar-refractivity contribution in [2.75, 3.05) is 46.8 Å². The lowest BCUT2D eigenvalue weighted by Crippen LogP contribution is -2.39. The van der Waals surface area contributed by atoms with Crippen LogP contribution in [0.5, 0.6) is 0 Å². The van der Waals surface area contributed by atoms with Crippen LogP contribution in [0, 0.1) is 0 Å². The van der Waals surface area contributed by atoms with Crippen LogP contribution in [0.2, 0.25) is 0 Å². The minimum atomic E-state index is -0.227. The van der Waals surface area contributed by atoms with Gasteiger partial charge in [0.25, 0.3) is 0 Å². The van der Waals surface area contributed by atoms with Crippen molar-refractivity contribution in [3.63, 3.8) is 0 Å². The number of alkyl halides is 1. The lowest BCUT2D eigenvalue weighted by Gasteiger charge is -2.25. The Balaban J connectivity index is 3.31. The maximum Gasteiger partial charge on any atom is 0.212 e. The predicted octanol–water partition coefficient (Wildman–Crippen LogP) is 1.24. The van der Waals surface area contributed by atoms with Crippen molar-refractivity contribution in [2.45, 2.75) is 13.2 Å². The quantitative estimate of drug-likeness (QED) is 0.205. The van der Waals surface area contributed by atoms with Gasteiger partial charge < -0.3 is 9.47 Å². The van der Waals surface area contributed by atoms with E-state index < -0.39 is 0 Å². The first-order valence-corrected chi connectivity index (χ1v) is 5.24. The molecule has 0 amide bonds. The van der Waals surface area contributed by atoms with Crippen molar-refractivity contribution in [3.05, 3.63) is 0 Å². The molecule has 0 spiro atoms. The second-order valence-electron chi connectivity index (χ2n) is 3.73. The topological polar surface area (TPSA) is 27.7 Å². The Morgan fingerprint density at radius 1 is 1.14 bits per heavy atom. The number of hydrogen-bond acceptors (Lipinski definition) is 3. The molecule has 0 rings (SSSR count). The lowest BCUT2D eigenvalue weighted by molar-refractivity contribution is -1.07. The second-order valence-corrected chi connectivity index (χ2v) is 4.11. The molecule has 0 fully saturated rings. The van der Waals surface area contributed by atoms with Crippen molar-refractivity contribution in [3.8, 4) is 0 Å². The molecule has 0 aromatic rings. The van der Waals surface area contributed by atoms with E-state index in [-0.39, 0.29) is 6.29 Å². The van der Waals surface area contributed by atoms with Crippen molar-refractivity contribution < 1.29 is 19.0 Å². The van der Waals surface area contributed by atoms with E-state index >= 15 is 0 Å². The van der Waals surface area contributed by atoms with Gasteiger partial charge in [0, 0.05) is 5.88 Å². The highest BCUT2D eigenvalue weighted by Gasteiger charge is 2.14. The summed E-state index contributed by atoms with van der Waals surface area (Å²) in [5.74, 6) is 0.519. The van der Waals surface area contributed by atoms with Crippen LogP contribution in [0.15, 0.2) is 0 Å². The fourth-order valence-electron chi connectivity index (χ4n) is 0.905. The average Bonchev–Trinajstić information content (AvgIpc) is 2.00. The summed E-state index contributed by atoms with van der Waals surface area (Å²) in [6.45, 7) is 3.51. The van der Waals surface area contributed by atoms with E-state index in [4.69, 9.17) is 25.9 Å². The summed E-state index contributed by atoms with van der Waals surface area (Å²) in [5, 5.41) is 0. The predicted molar refractivity (Wildman–Crippen MR) is 56.1 cm³/mol. The first-order valence-electron chi connectivity index (χ1n) is 4.71. The third-order valence-corrected chi connectivity index (χ3v) is 1.42. The molecule has 86 valence electrons. The Bertz CT molecular complexity index is 139. The van der Waals surface area contributed by atoms with Crippen molar-refractivity contribution >= 4 is 11.6 Å². The molecule has 14 heavy (non-hydrogen) atoms. The zero-order chi connectivity index (χ0) is 11.0. The van der Waals surface area contributed by atoms with Gasteiger partial charge >= 0.3 is 0 Å². The SMILES string of the molecule is CC(OCCOCCCl)O[N+](C)(C)C. The van der Waals surface area contributed by atoms with Gasteiger partial charge in [0.15, 0.2) is 0 Å². The highest BCUT2D eigenvalue weighted by atomic mass is 35.5. The number of hydroxylamine groups is 3. The molecule has 0 aromatic carbocycles. The summed E-state index contributed by atoms with van der Waals surface area (Å²) >= 11 is 5.44. The molecule has 1 unspecified atom stereocenters. The van der Waals surface area contributed by atoms with Gasteiger partial charge in [-0.3, -0.25) is 0 Å². The molecule has 0 radical (unpaired) electrons. The van der Waals surface area contributed by atoms with Gasteiger partial charge in [0.05, 0.1) is 41.0 Å². The van der Waals surface area contributed by atoms with Crippen LogP contribution in [0.25, 0.3) is 0 Å². The number of halogens is 1. The summed E-state index contributed by atoms with van der Waals surface area (Å²) < 4.78 is 10.9. The van der Waals surface area contributed by atoms with Gasteiger partial charge in [-0.1, -0.05) is 0 Å². The van der Waals surface area contributed by atoms with Crippen molar-refractivity contribution in [1.82, 2.24) is 0 Å².